The third-order valence-corrected chi connectivity index (χ3v) is 3.28. The lowest BCUT2D eigenvalue weighted by atomic mass is 9.96. The third kappa shape index (κ3) is 6.11. The van der Waals surface area contributed by atoms with Crippen molar-refractivity contribution in [3.05, 3.63) is 0 Å². The Morgan fingerprint density at radius 3 is 3.00 bits per heavy atom. The Morgan fingerprint density at radius 2 is 2.31 bits per heavy atom. The molecule has 1 rings (SSSR count). The maximum Gasteiger partial charge on any atom is 0.219 e. The van der Waals surface area contributed by atoms with Crippen molar-refractivity contribution in [2.45, 2.75) is 51.9 Å². The van der Waals surface area contributed by atoms with Crippen LogP contribution in [0.1, 0.15) is 51.9 Å². The Balaban J connectivity index is 1.94. The van der Waals surface area contributed by atoms with Crippen LogP contribution in [0.5, 0.6) is 0 Å². The second-order valence-electron chi connectivity index (χ2n) is 4.81. The summed E-state index contributed by atoms with van der Waals surface area (Å²) in [6.07, 6.45) is 7.82. The zero-order valence-corrected chi connectivity index (χ0v) is 10.6. The molecule has 2 N–H and O–H groups in total. The molecule has 1 saturated heterocycles. The number of hydrogen-bond acceptors (Lipinski definition) is 2. The number of piperidine rings is 1. The number of amides is 1. The van der Waals surface area contributed by atoms with Crippen molar-refractivity contribution >= 4 is 5.91 Å². The van der Waals surface area contributed by atoms with E-state index in [9.17, 15) is 4.79 Å². The minimum Gasteiger partial charge on any atom is -0.356 e. The lowest BCUT2D eigenvalue weighted by molar-refractivity contribution is -0.121. The Hall–Kier alpha value is -0.570. The number of unbranched alkanes of at least 4 members (excludes halogenated alkanes) is 2. The number of hydrogen-bond donors (Lipinski definition) is 2. The van der Waals surface area contributed by atoms with Crippen LogP contribution in [0, 0.1) is 5.92 Å². The van der Waals surface area contributed by atoms with E-state index in [0.717, 1.165) is 31.8 Å². The van der Waals surface area contributed by atoms with Gasteiger partial charge in [0.15, 0.2) is 0 Å². The molecule has 1 fully saturated rings. The van der Waals surface area contributed by atoms with E-state index in [4.69, 9.17) is 0 Å². The number of carbonyl (C=O) groups is 1. The molecule has 0 bridgehead atoms. The minimum absolute atomic E-state index is 0.234. The summed E-state index contributed by atoms with van der Waals surface area (Å²) in [5.41, 5.74) is 0. The topological polar surface area (TPSA) is 41.1 Å². The van der Waals surface area contributed by atoms with Crippen molar-refractivity contribution < 1.29 is 4.79 Å². The zero-order chi connectivity index (χ0) is 11.6. The highest BCUT2D eigenvalue weighted by Gasteiger charge is 2.12. The highest BCUT2D eigenvalue weighted by molar-refractivity contribution is 5.75. The first kappa shape index (κ1) is 13.5. The molecule has 1 heterocycles. The van der Waals surface area contributed by atoms with Crippen molar-refractivity contribution in [1.82, 2.24) is 10.6 Å². The van der Waals surface area contributed by atoms with E-state index in [2.05, 4.69) is 17.6 Å². The first-order valence-corrected chi connectivity index (χ1v) is 6.80. The first-order chi connectivity index (χ1) is 7.83. The normalized spacial score (nSPS) is 20.7. The van der Waals surface area contributed by atoms with Crippen LogP contribution in [-0.2, 0) is 4.79 Å². The van der Waals surface area contributed by atoms with Crippen molar-refractivity contribution in [1.29, 1.82) is 0 Å². The van der Waals surface area contributed by atoms with Gasteiger partial charge in [-0.15, -0.1) is 0 Å². The van der Waals surface area contributed by atoms with Crippen LogP contribution in [0.15, 0.2) is 0 Å². The summed E-state index contributed by atoms with van der Waals surface area (Å²) < 4.78 is 0. The summed E-state index contributed by atoms with van der Waals surface area (Å²) >= 11 is 0. The van der Waals surface area contributed by atoms with Gasteiger partial charge >= 0.3 is 0 Å². The standard InChI is InChI=1S/C13H26N2O/c1-2-3-4-7-13(16)15-10-8-12-6-5-9-14-11-12/h12,14H,2-11H2,1H3,(H,15,16). The molecule has 16 heavy (non-hydrogen) atoms. The highest BCUT2D eigenvalue weighted by atomic mass is 16.1. The minimum atomic E-state index is 0.234. The van der Waals surface area contributed by atoms with Gasteiger partial charge in [0.1, 0.15) is 0 Å². The molecule has 0 spiro atoms. The lowest BCUT2D eigenvalue weighted by Crippen LogP contribution is -2.33. The van der Waals surface area contributed by atoms with E-state index in [1.54, 1.807) is 0 Å². The molecular weight excluding hydrogens is 200 g/mol. The molecule has 1 aliphatic heterocycles. The van der Waals surface area contributed by atoms with Crippen LogP contribution < -0.4 is 10.6 Å². The fourth-order valence-electron chi connectivity index (χ4n) is 2.21. The van der Waals surface area contributed by atoms with E-state index in [-0.39, 0.29) is 5.91 Å². The van der Waals surface area contributed by atoms with Crippen LogP contribution >= 0.6 is 0 Å². The van der Waals surface area contributed by atoms with Crippen molar-refractivity contribution in [3.63, 3.8) is 0 Å². The average molecular weight is 226 g/mol. The molecule has 0 aromatic rings. The van der Waals surface area contributed by atoms with Gasteiger partial charge in [-0.25, -0.2) is 0 Å². The van der Waals surface area contributed by atoms with Crippen molar-refractivity contribution in [2.75, 3.05) is 19.6 Å². The predicted octanol–water partition coefficient (Wildman–Crippen LogP) is 2.07. The molecule has 0 aliphatic carbocycles. The van der Waals surface area contributed by atoms with Gasteiger partial charge in [-0.3, -0.25) is 4.79 Å². The van der Waals surface area contributed by atoms with Gasteiger partial charge in [0.25, 0.3) is 0 Å². The van der Waals surface area contributed by atoms with E-state index in [1.807, 2.05) is 0 Å². The Morgan fingerprint density at radius 1 is 1.44 bits per heavy atom. The molecule has 94 valence electrons. The van der Waals surface area contributed by atoms with Crippen molar-refractivity contribution in [3.8, 4) is 0 Å². The molecule has 0 saturated carbocycles. The van der Waals surface area contributed by atoms with Crippen LogP contribution in [0.25, 0.3) is 0 Å². The maximum absolute atomic E-state index is 11.4. The van der Waals surface area contributed by atoms with E-state index in [0.29, 0.717) is 6.42 Å². The summed E-state index contributed by atoms with van der Waals surface area (Å²) in [4.78, 5) is 11.4. The molecule has 3 nitrogen and oxygen atoms in total. The monoisotopic (exact) mass is 226 g/mol. The Bertz CT molecular complexity index is 188. The molecule has 0 aromatic carbocycles. The largest absolute Gasteiger partial charge is 0.356 e. The molecule has 3 heteroatoms. The van der Waals surface area contributed by atoms with E-state index < -0.39 is 0 Å². The summed E-state index contributed by atoms with van der Waals surface area (Å²) in [6.45, 7) is 5.32. The quantitative estimate of drug-likeness (QED) is 0.653. The third-order valence-electron chi connectivity index (χ3n) is 3.28. The molecule has 1 amide bonds. The van der Waals surface area contributed by atoms with Gasteiger partial charge < -0.3 is 10.6 Å². The van der Waals surface area contributed by atoms with Gasteiger partial charge in [0.2, 0.25) is 5.91 Å². The van der Waals surface area contributed by atoms with Gasteiger partial charge in [-0.05, 0) is 44.7 Å². The highest BCUT2D eigenvalue weighted by Crippen LogP contribution is 2.12. The predicted molar refractivity (Wildman–Crippen MR) is 67.4 cm³/mol. The van der Waals surface area contributed by atoms with Crippen LogP contribution in [-0.4, -0.2) is 25.5 Å². The lowest BCUT2D eigenvalue weighted by Gasteiger charge is -2.22. The van der Waals surface area contributed by atoms with E-state index >= 15 is 0 Å². The molecule has 1 atom stereocenters. The first-order valence-electron chi connectivity index (χ1n) is 6.80. The number of rotatable bonds is 7. The maximum atomic E-state index is 11.4. The molecule has 0 aromatic heterocycles. The van der Waals surface area contributed by atoms with Crippen LogP contribution in [0.2, 0.25) is 0 Å². The zero-order valence-electron chi connectivity index (χ0n) is 10.6. The van der Waals surface area contributed by atoms with Crippen LogP contribution in [0.3, 0.4) is 0 Å². The van der Waals surface area contributed by atoms with Crippen LogP contribution in [0.4, 0.5) is 0 Å². The Kier molecular flexibility index (Phi) is 7.23. The molecule has 1 unspecified atom stereocenters. The second-order valence-corrected chi connectivity index (χ2v) is 4.81. The molecule has 1 aliphatic rings. The van der Waals surface area contributed by atoms with Gasteiger partial charge in [0.05, 0.1) is 0 Å². The van der Waals surface area contributed by atoms with Gasteiger partial charge in [0, 0.05) is 13.0 Å². The summed E-state index contributed by atoms with van der Waals surface area (Å²) in [6, 6.07) is 0. The average Bonchev–Trinajstić information content (AvgIpc) is 2.31. The van der Waals surface area contributed by atoms with Crippen molar-refractivity contribution in [2.24, 2.45) is 5.92 Å². The van der Waals surface area contributed by atoms with E-state index in [1.165, 1.54) is 32.2 Å². The summed E-state index contributed by atoms with van der Waals surface area (Å²) in [7, 11) is 0. The SMILES string of the molecule is CCCCCC(=O)NCCC1CCCNC1. The molecule has 0 radical (unpaired) electrons. The number of carbonyl (C=O) groups excluding carboxylic acids is 1. The smallest absolute Gasteiger partial charge is 0.219 e. The van der Waals surface area contributed by atoms with Gasteiger partial charge in [-0.2, -0.15) is 0 Å². The molecular formula is C13H26N2O. The van der Waals surface area contributed by atoms with Gasteiger partial charge in [-0.1, -0.05) is 19.8 Å². The fraction of sp³-hybridized carbons (Fsp3) is 0.923. The second kappa shape index (κ2) is 8.57. The summed E-state index contributed by atoms with van der Waals surface area (Å²) in [5, 5.41) is 6.42. The fourth-order valence-corrected chi connectivity index (χ4v) is 2.21. The Labute approximate surface area is 99.4 Å². The summed E-state index contributed by atoms with van der Waals surface area (Å²) in [5.74, 6) is 1.00. The number of nitrogens with one attached hydrogen (secondary N) is 2.